The molecule has 136 valence electrons. The molecule has 0 bridgehead atoms. The number of amides is 1. The summed E-state index contributed by atoms with van der Waals surface area (Å²) in [5.74, 6) is 0.104. The van der Waals surface area contributed by atoms with Crippen LogP contribution < -0.4 is 0 Å². The first-order valence-electron chi connectivity index (χ1n) is 9.15. The van der Waals surface area contributed by atoms with Crippen molar-refractivity contribution >= 4 is 5.91 Å². The monoisotopic (exact) mass is 359 g/mol. The van der Waals surface area contributed by atoms with Crippen molar-refractivity contribution in [1.29, 1.82) is 0 Å². The number of aromatic nitrogens is 4. The highest BCUT2D eigenvalue weighted by atomic mass is 16.2. The lowest BCUT2D eigenvalue weighted by molar-refractivity contribution is 0.0699. The van der Waals surface area contributed by atoms with E-state index in [1.54, 1.807) is 18.6 Å². The predicted octanol–water partition coefficient (Wildman–Crippen LogP) is 3.26. The Kier molecular flexibility index (Phi) is 4.87. The third kappa shape index (κ3) is 3.84. The van der Waals surface area contributed by atoms with Crippen molar-refractivity contribution in [3.8, 4) is 11.3 Å². The molecule has 6 heteroatoms. The van der Waals surface area contributed by atoms with Crippen LogP contribution in [0.3, 0.4) is 0 Å². The van der Waals surface area contributed by atoms with E-state index >= 15 is 0 Å². The molecular weight excluding hydrogens is 338 g/mol. The Morgan fingerprint density at radius 3 is 2.89 bits per heavy atom. The van der Waals surface area contributed by atoms with Gasteiger partial charge in [-0.15, -0.1) is 0 Å². The van der Waals surface area contributed by atoms with Gasteiger partial charge in [0.2, 0.25) is 0 Å². The zero-order chi connectivity index (χ0) is 18.6. The number of carbonyl (C=O) groups excluding carboxylic acids is 1. The molecule has 1 amide bonds. The van der Waals surface area contributed by atoms with Crippen LogP contribution in [-0.2, 0) is 0 Å². The largest absolute Gasteiger partial charge is 0.337 e. The summed E-state index contributed by atoms with van der Waals surface area (Å²) in [6.07, 6.45) is 10.2. The summed E-state index contributed by atoms with van der Waals surface area (Å²) in [6.45, 7) is 3.43. The lowest BCUT2D eigenvalue weighted by atomic mass is 9.94. The van der Waals surface area contributed by atoms with Crippen LogP contribution in [-0.4, -0.2) is 43.8 Å². The molecule has 0 radical (unpaired) electrons. The Bertz CT molecular complexity index is 944. The molecule has 1 aliphatic rings. The second-order valence-electron chi connectivity index (χ2n) is 6.88. The Balaban J connectivity index is 1.55. The third-order valence-corrected chi connectivity index (χ3v) is 4.88. The Morgan fingerprint density at radius 1 is 1.15 bits per heavy atom. The van der Waals surface area contributed by atoms with Gasteiger partial charge in [-0.05, 0) is 25.8 Å². The number of aryl methyl sites for hydroxylation is 1. The van der Waals surface area contributed by atoms with E-state index < -0.39 is 0 Å². The molecule has 3 aromatic rings. The van der Waals surface area contributed by atoms with Crippen molar-refractivity contribution in [2.45, 2.75) is 25.7 Å². The van der Waals surface area contributed by atoms with Crippen LogP contribution in [0, 0.1) is 6.92 Å². The smallest absolute Gasteiger partial charge is 0.274 e. The third-order valence-electron chi connectivity index (χ3n) is 4.88. The summed E-state index contributed by atoms with van der Waals surface area (Å²) in [5, 5.41) is 0. The molecule has 1 unspecified atom stereocenters. The number of rotatable bonds is 3. The first-order chi connectivity index (χ1) is 13.2. The summed E-state index contributed by atoms with van der Waals surface area (Å²) < 4.78 is 0. The first-order valence-corrected chi connectivity index (χ1v) is 9.15. The van der Waals surface area contributed by atoms with E-state index in [-0.39, 0.29) is 11.8 Å². The molecule has 1 saturated heterocycles. The number of piperidine rings is 1. The van der Waals surface area contributed by atoms with Gasteiger partial charge in [-0.2, -0.15) is 0 Å². The number of carbonyl (C=O) groups is 1. The van der Waals surface area contributed by atoms with Crippen LogP contribution in [0.1, 0.15) is 40.5 Å². The molecule has 4 rings (SSSR count). The van der Waals surface area contributed by atoms with E-state index in [1.807, 2.05) is 23.2 Å². The SMILES string of the molecule is Cc1cccc(-c2cncc(C3CCCN(C(=O)c4cnccn4)C3)n2)c1. The van der Waals surface area contributed by atoms with E-state index in [0.717, 1.165) is 36.3 Å². The molecule has 6 nitrogen and oxygen atoms in total. The standard InChI is InChI=1S/C21H21N5O/c1-15-4-2-5-16(10-15)18-11-23-12-19(25-18)17-6-3-9-26(14-17)21(27)20-13-22-7-8-24-20/h2,4-5,7-8,10-13,17H,3,6,9,14H2,1H3. The second kappa shape index (κ2) is 7.61. The fraction of sp³-hybridized carbons (Fsp3) is 0.286. The van der Waals surface area contributed by atoms with Crippen LogP contribution in [0.25, 0.3) is 11.3 Å². The van der Waals surface area contributed by atoms with E-state index in [1.165, 1.54) is 11.8 Å². The van der Waals surface area contributed by atoms with Gasteiger partial charge in [0, 0.05) is 43.2 Å². The lowest BCUT2D eigenvalue weighted by Gasteiger charge is -2.32. The minimum Gasteiger partial charge on any atom is -0.337 e. The maximum Gasteiger partial charge on any atom is 0.274 e. The molecule has 1 fully saturated rings. The van der Waals surface area contributed by atoms with Gasteiger partial charge in [0.25, 0.3) is 5.91 Å². The molecule has 1 atom stereocenters. The molecule has 27 heavy (non-hydrogen) atoms. The van der Waals surface area contributed by atoms with Crippen molar-refractivity contribution in [2.75, 3.05) is 13.1 Å². The molecule has 2 aromatic heterocycles. The van der Waals surface area contributed by atoms with Gasteiger partial charge in [0.05, 0.1) is 23.8 Å². The van der Waals surface area contributed by atoms with Gasteiger partial charge in [0.15, 0.2) is 0 Å². The lowest BCUT2D eigenvalue weighted by Crippen LogP contribution is -2.39. The normalized spacial score (nSPS) is 16.9. The minimum absolute atomic E-state index is 0.0735. The molecule has 1 aromatic carbocycles. The molecule has 0 spiro atoms. The van der Waals surface area contributed by atoms with Crippen molar-refractivity contribution < 1.29 is 4.79 Å². The van der Waals surface area contributed by atoms with Gasteiger partial charge in [-0.3, -0.25) is 14.8 Å². The summed E-state index contributed by atoms with van der Waals surface area (Å²) in [6, 6.07) is 8.25. The summed E-state index contributed by atoms with van der Waals surface area (Å²) in [7, 11) is 0. The highest BCUT2D eigenvalue weighted by Gasteiger charge is 2.27. The van der Waals surface area contributed by atoms with E-state index in [0.29, 0.717) is 12.2 Å². The van der Waals surface area contributed by atoms with Crippen LogP contribution in [0.5, 0.6) is 0 Å². The van der Waals surface area contributed by atoms with Gasteiger partial charge in [-0.1, -0.05) is 23.8 Å². The second-order valence-corrected chi connectivity index (χ2v) is 6.88. The zero-order valence-electron chi connectivity index (χ0n) is 15.2. The van der Waals surface area contributed by atoms with E-state index in [9.17, 15) is 4.79 Å². The maximum absolute atomic E-state index is 12.7. The molecule has 0 saturated carbocycles. The first kappa shape index (κ1) is 17.3. The van der Waals surface area contributed by atoms with Gasteiger partial charge >= 0.3 is 0 Å². The predicted molar refractivity (Wildman–Crippen MR) is 102 cm³/mol. The van der Waals surface area contributed by atoms with Crippen LogP contribution >= 0.6 is 0 Å². The highest BCUT2D eigenvalue weighted by Crippen LogP contribution is 2.27. The average molecular weight is 359 g/mol. The average Bonchev–Trinajstić information content (AvgIpc) is 2.74. The van der Waals surface area contributed by atoms with Crippen LogP contribution in [0.2, 0.25) is 0 Å². The molecule has 3 heterocycles. The summed E-state index contributed by atoms with van der Waals surface area (Å²) in [5.41, 5.74) is 4.45. The zero-order valence-corrected chi connectivity index (χ0v) is 15.2. The molecular formula is C21H21N5O. The summed E-state index contributed by atoms with van der Waals surface area (Å²) >= 11 is 0. The van der Waals surface area contributed by atoms with Gasteiger partial charge in [0.1, 0.15) is 5.69 Å². The number of benzene rings is 1. The molecule has 1 aliphatic heterocycles. The number of nitrogens with zero attached hydrogens (tertiary/aromatic N) is 5. The van der Waals surface area contributed by atoms with Gasteiger partial charge in [-0.25, -0.2) is 9.97 Å². The molecule has 0 N–H and O–H groups in total. The quantitative estimate of drug-likeness (QED) is 0.718. The Hall–Kier alpha value is -3.15. The number of hydrogen-bond acceptors (Lipinski definition) is 5. The topological polar surface area (TPSA) is 71.9 Å². The fourth-order valence-electron chi connectivity index (χ4n) is 3.50. The number of likely N-dealkylation sites (tertiary alicyclic amines) is 1. The van der Waals surface area contributed by atoms with Crippen molar-refractivity contribution in [3.05, 3.63) is 72.2 Å². The maximum atomic E-state index is 12.7. The summed E-state index contributed by atoms with van der Waals surface area (Å²) in [4.78, 5) is 31.9. The van der Waals surface area contributed by atoms with E-state index in [4.69, 9.17) is 4.98 Å². The van der Waals surface area contributed by atoms with Crippen LogP contribution in [0.4, 0.5) is 0 Å². The van der Waals surface area contributed by atoms with Crippen molar-refractivity contribution in [1.82, 2.24) is 24.8 Å². The Labute approximate surface area is 158 Å². The van der Waals surface area contributed by atoms with Crippen LogP contribution in [0.15, 0.2) is 55.2 Å². The minimum atomic E-state index is -0.0735. The molecule has 0 aliphatic carbocycles. The fourth-order valence-corrected chi connectivity index (χ4v) is 3.50. The van der Waals surface area contributed by atoms with Crippen molar-refractivity contribution in [3.63, 3.8) is 0 Å². The van der Waals surface area contributed by atoms with E-state index in [2.05, 4.69) is 34.0 Å². The van der Waals surface area contributed by atoms with Gasteiger partial charge < -0.3 is 4.90 Å². The Morgan fingerprint density at radius 2 is 2.07 bits per heavy atom. The highest BCUT2D eigenvalue weighted by molar-refractivity contribution is 5.92. The number of hydrogen-bond donors (Lipinski definition) is 0. The van der Waals surface area contributed by atoms with Crippen molar-refractivity contribution in [2.24, 2.45) is 0 Å².